The number of hydrogen-bond acceptors (Lipinski definition) is 3. The van der Waals surface area contributed by atoms with Crippen LogP contribution in [0.5, 0.6) is 0 Å². The average molecular weight is 345 g/mol. The van der Waals surface area contributed by atoms with E-state index in [2.05, 4.69) is 51.0 Å². The normalized spacial score (nSPS) is 14.2. The molecule has 1 aliphatic carbocycles. The summed E-state index contributed by atoms with van der Waals surface area (Å²) in [6, 6.07) is 6.43. The number of carbonyl (C=O) groups excluding carboxylic acids is 1. The molecular formula is C19H31N5O. The van der Waals surface area contributed by atoms with Crippen LogP contribution in [0, 0.1) is 12.8 Å². The first-order chi connectivity index (χ1) is 12.0. The van der Waals surface area contributed by atoms with E-state index in [9.17, 15) is 4.79 Å². The molecule has 1 amide bonds. The molecule has 1 aromatic rings. The first kappa shape index (κ1) is 19.1. The predicted octanol–water partition coefficient (Wildman–Crippen LogP) is 1.64. The smallest absolute Gasteiger partial charge is 0.223 e. The van der Waals surface area contributed by atoms with Crippen molar-refractivity contribution < 1.29 is 4.79 Å². The lowest BCUT2D eigenvalue weighted by Gasteiger charge is -2.15. The van der Waals surface area contributed by atoms with E-state index in [1.165, 1.54) is 16.8 Å². The summed E-state index contributed by atoms with van der Waals surface area (Å²) in [5.74, 6) is 1.22. The lowest BCUT2D eigenvalue weighted by Crippen LogP contribution is -2.41. The number of amides is 1. The molecule has 0 saturated heterocycles. The Kier molecular flexibility index (Phi) is 7.10. The van der Waals surface area contributed by atoms with Gasteiger partial charge >= 0.3 is 0 Å². The van der Waals surface area contributed by atoms with E-state index in [1.54, 1.807) is 0 Å². The Hall–Kier alpha value is -2.24. The van der Waals surface area contributed by atoms with Crippen LogP contribution in [-0.4, -0.2) is 45.6 Å². The molecule has 138 valence electrons. The Morgan fingerprint density at radius 3 is 2.52 bits per heavy atom. The quantitative estimate of drug-likeness (QED) is 0.381. The van der Waals surface area contributed by atoms with Gasteiger partial charge in [-0.2, -0.15) is 0 Å². The molecular weight excluding hydrogens is 314 g/mol. The van der Waals surface area contributed by atoms with Crippen molar-refractivity contribution in [1.29, 1.82) is 0 Å². The summed E-state index contributed by atoms with van der Waals surface area (Å²) in [6.07, 6.45) is 2.07. The van der Waals surface area contributed by atoms with Crippen molar-refractivity contribution in [2.75, 3.05) is 38.6 Å². The summed E-state index contributed by atoms with van der Waals surface area (Å²) in [7, 11) is 4.09. The van der Waals surface area contributed by atoms with Gasteiger partial charge in [0.1, 0.15) is 0 Å². The van der Waals surface area contributed by atoms with Crippen LogP contribution < -0.4 is 20.9 Å². The van der Waals surface area contributed by atoms with Gasteiger partial charge in [0.05, 0.1) is 6.54 Å². The van der Waals surface area contributed by atoms with Gasteiger partial charge in [0.15, 0.2) is 5.96 Å². The minimum absolute atomic E-state index is 0.181. The number of benzene rings is 1. The summed E-state index contributed by atoms with van der Waals surface area (Å²) in [5.41, 5.74) is 3.65. The monoisotopic (exact) mass is 345 g/mol. The molecule has 0 aliphatic heterocycles. The van der Waals surface area contributed by atoms with Crippen LogP contribution in [0.25, 0.3) is 0 Å². The molecule has 1 aromatic carbocycles. The molecule has 2 rings (SSSR count). The molecule has 6 nitrogen and oxygen atoms in total. The molecule has 3 N–H and O–H groups in total. The molecule has 0 heterocycles. The second-order valence-corrected chi connectivity index (χ2v) is 6.69. The summed E-state index contributed by atoms with van der Waals surface area (Å²) < 4.78 is 0. The number of aliphatic imine (C=N–C) groups is 1. The van der Waals surface area contributed by atoms with Gasteiger partial charge in [-0.1, -0.05) is 6.07 Å². The van der Waals surface area contributed by atoms with Gasteiger partial charge in [-0.15, -0.1) is 0 Å². The first-order valence-electron chi connectivity index (χ1n) is 9.08. The molecule has 1 fully saturated rings. The molecule has 0 spiro atoms. The molecule has 6 heteroatoms. The Bertz CT molecular complexity index is 608. The summed E-state index contributed by atoms with van der Waals surface area (Å²) in [5, 5.41) is 9.47. The maximum Gasteiger partial charge on any atom is 0.223 e. The van der Waals surface area contributed by atoms with Crippen LogP contribution in [0.2, 0.25) is 0 Å². The molecule has 0 atom stereocenters. The predicted molar refractivity (Wildman–Crippen MR) is 104 cm³/mol. The Morgan fingerprint density at radius 1 is 1.20 bits per heavy atom. The van der Waals surface area contributed by atoms with E-state index in [0.29, 0.717) is 19.6 Å². The number of nitrogens with one attached hydrogen (secondary N) is 3. The Morgan fingerprint density at radius 2 is 1.92 bits per heavy atom. The topological polar surface area (TPSA) is 68.8 Å². The van der Waals surface area contributed by atoms with Crippen molar-refractivity contribution in [3.05, 3.63) is 29.3 Å². The molecule has 0 radical (unpaired) electrons. The van der Waals surface area contributed by atoms with Gasteiger partial charge in [0, 0.05) is 45.3 Å². The first-order valence-corrected chi connectivity index (χ1v) is 9.08. The molecule has 1 aliphatic rings. The third-order valence-electron chi connectivity index (χ3n) is 4.26. The largest absolute Gasteiger partial charge is 0.378 e. The van der Waals surface area contributed by atoms with Crippen molar-refractivity contribution in [3.8, 4) is 0 Å². The van der Waals surface area contributed by atoms with Crippen LogP contribution in [-0.2, 0) is 11.3 Å². The number of nitrogens with zero attached hydrogens (tertiary/aromatic N) is 2. The molecule has 1 saturated carbocycles. The van der Waals surface area contributed by atoms with Gasteiger partial charge < -0.3 is 20.9 Å². The molecule has 0 unspecified atom stereocenters. The van der Waals surface area contributed by atoms with Crippen LogP contribution in [0.3, 0.4) is 0 Å². The highest BCUT2D eigenvalue weighted by Crippen LogP contribution is 2.28. The fourth-order valence-electron chi connectivity index (χ4n) is 2.50. The maximum atomic E-state index is 11.6. The highest BCUT2D eigenvalue weighted by Gasteiger charge is 2.28. The molecule has 0 bridgehead atoms. The Labute approximate surface area is 151 Å². The number of hydrogen-bond donors (Lipinski definition) is 3. The fraction of sp³-hybridized carbons (Fsp3) is 0.579. The van der Waals surface area contributed by atoms with E-state index in [0.717, 1.165) is 25.3 Å². The van der Waals surface area contributed by atoms with Crippen molar-refractivity contribution >= 4 is 17.6 Å². The number of carbonyl (C=O) groups is 1. The number of aryl methyl sites for hydroxylation is 1. The second-order valence-electron chi connectivity index (χ2n) is 6.69. The van der Waals surface area contributed by atoms with E-state index < -0.39 is 0 Å². The number of guanidine groups is 1. The van der Waals surface area contributed by atoms with Crippen molar-refractivity contribution in [2.24, 2.45) is 10.9 Å². The van der Waals surface area contributed by atoms with Gasteiger partial charge in [-0.3, -0.25) is 4.79 Å². The van der Waals surface area contributed by atoms with Crippen LogP contribution in [0.15, 0.2) is 23.2 Å². The zero-order valence-electron chi connectivity index (χ0n) is 15.9. The van der Waals surface area contributed by atoms with E-state index in [-0.39, 0.29) is 11.8 Å². The number of anilines is 1. The van der Waals surface area contributed by atoms with Crippen molar-refractivity contribution in [3.63, 3.8) is 0 Å². The third-order valence-corrected chi connectivity index (χ3v) is 4.26. The number of rotatable bonds is 8. The van der Waals surface area contributed by atoms with Gasteiger partial charge in [0.2, 0.25) is 5.91 Å². The average Bonchev–Trinajstić information content (AvgIpc) is 3.41. The summed E-state index contributed by atoms with van der Waals surface area (Å²) in [4.78, 5) is 18.4. The van der Waals surface area contributed by atoms with Gasteiger partial charge in [-0.25, -0.2) is 4.99 Å². The molecule has 0 aromatic heterocycles. The van der Waals surface area contributed by atoms with Crippen LogP contribution >= 0.6 is 0 Å². The standard InChI is InChI=1S/C19H31N5O/c1-5-20-19(22-11-10-21-18(25)15-6-7-15)23-13-16-8-9-17(24(3)4)12-14(16)2/h8-9,12,15H,5-7,10-11,13H2,1-4H3,(H,21,25)(H2,20,22,23). The van der Waals surface area contributed by atoms with Gasteiger partial charge in [0.25, 0.3) is 0 Å². The van der Waals surface area contributed by atoms with E-state index in [4.69, 9.17) is 0 Å². The lowest BCUT2D eigenvalue weighted by atomic mass is 10.1. The van der Waals surface area contributed by atoms with E-state index in [1.807, 2.05) is 21.0 Å². The summed E-state index contributed by atoms with van der Waals surface area (Å²) in [6.45, 7) is 6.89. The van der Waals surface area contributed by atoms with Crippen molar-refractivity contribution in [2.45, 2.75) is 33.2 Å². The third kappa shape index (κ3) is 6.29. The minimum Gasteiger partial charge on any atom is -0.378 e. The minimum atomic E-state index is 0.181. The highest BCUT2D eigenvalue weighted by molar-refractivity contribution is 5.81. The summed E-state index contributed by atoms with van der Waals surface area (Å²) >= 11 is 0. The molecule has 25 heavy (non-hydrogen) atoms. The van der Waals surface area contributed by atoms with E-state index >= 15 is 0 Å². The van der Waals surface area contributed by atoms with Gasteiger partial charge in [-0.05, 0) is 49.9 Å². The second kappa shape index (κ2) is 9.30. The fourth-order valence-corrected chi connectivity index (χ4v) is 2.50. The maximum absolute atomic E-state index is 11.6. The van der Waals surface area contributed by atoms with Crippen LogP contribution in [0.1, 0.15) is 30.9 Å². The lowest BCUT2D eigenvalue weighted by molar-refractivity contribution is -0.122. The zero-order valence-corrected chi connectivity index (χ0v) is 15.9. The van der Waals surface area contributed by atoms with Crippen molar-refractivity contribution in [1.82, 2.24) is 16.0 Å². The SMILES string of the molecule is CCNC(=NCc1ccc(N(C)C)cc1C)NCCNC(=O)C1CC1. The highest BCUT2D eigenvalue weighted by atomic mass is 16.2. The van der Waals surface area contributed by atoms with Crippen LogP contribution in [0.4, 0.5) is 5.69 Å². The zero-order chi connectivity index (χ0) is 18.2. The Balaban J connectivity index is 1.84.